The van der Waals surface area contributed by atoms with Gasteiger partial charge in [0.25, 0.3) is 5.56 Å². The van der Waals surface area contributed by atoms with Crippen LogP contribution >= 0.6 is 0 Å². The Morgan fingerprint density at radius 3 is 2.33 bits per heavy atom. The van der Waals surface area contributed by atoms with Crippen molar-refractivity contribution in [3.8, 4) is 0 Å². The first-order chi connectivity index (χ1) is 13.1. The van der Waals surface area contributed by atoms with Crippen LogP contribution in [0.25, 0.3) is 0 Å². The van der Waals surface area contributed by atoms with Gasteiger partial charge in [-0.3, -0.25) is 9.78 Å². The van der Waals surface area contributed by atoms with Gasteiger partial charge < -0.3 is 9.80 Å². The molecule has 5 nitrogen and oxygen atoms in total. The van der Waals surface area contributed by atoms with Crippen LogP contribution in [0.4, 0.5) is 16.0 Å². The summed E-state index contributed by atoms with van der Waals surface area (Å²) in [7, 11) is 0. The van der Waals surface area contributed by atoms with Gasteiger partial charge in [0.05, 0.1) is 0 Å². The Bertz CT molecular complexity index is 795. The molecule has 1 N–H and O–H groups in total. The Morgan fingerprint density at radius 1 is 1.04 bits per heavy atom. The highest BCUT2D eigenvalue weighted by Crippen LogP contribution is 2.19. The van der Waals surface area contributed by atoms with E-state index in [1.54, 1.807) is 0 Å². The molecule has 0 aliphatic carbocycles. The standard InChI is InChI=1S/C21H29FN4O/c1-3-4-5-6-7-19-16(2)23-21(24-20(19)27)26-14-12-25(13-15-26)18-10-8-17(22)9-11-18/h8-11H,3-7,12-15H2,1-2H3,(H,23,24,27). The van der Waals surface area contributed by atoms with E-state index in [0.29, 0.717) is 5.95 Å². The van der Waals surface area contributed by atoms with Gasteiger partial charge >= 0.3 is 0 Å². The summed E-state index contributed by atoms with van der Waals surface area (Å²) in [5, 5.41) is 0. The van der Waals surface area contributed by atoms with E-state index < -0.39 is 0 Å². The van der Waals surface area contributed by atoms with Gasteiger partial charge in [-0.05, 0) is 44.0 Å². The first-order valence-corrected chi connectivity index (χ1v) is 9.93. The van der Waals surface area contributed by atoms with Crippen LogP contribution in [0.5, 0.6) is 0 Å². The molecule has 0 unspecified atom stereocenters. The number of H-pyrrole nitrogens is 1. The Balaban J connectivity index is 1.62. The molecule has 1 aromatic carbocycles. The van der Waals surface area contributed by atoms with Gasteiger partial charge in [0.15, 0.2) is 0 Å². The minimum atomic E-state index is -0.218. The highest BCUT2D eigenvalue weighted by atomic mass is 19.1. The molecule has 1 aliphatic heterocycles. The summed E-state index contributed by atoms with van der Waals surface area (Å²) < 4.78 is 13.1. The van der Waals surface area contributed by atoms with Crippen LogP contribution < -0.4 is 15.4 Å². The highest BCUT2D eigenvalue weighted by Gasteiger charge is 2.20. The average molecular weight is 372 g/mol. The number of aryl methyl sites for hydroxylation is 1. The Labute approximate surface area is 160 Å². The molecule has 3 rings (SSSR count). The number of unbranched alkanes of at least 4 members (excludes halogenated alkanes) is 3. The quantitative estimate of drug-likeness (QED) is 0.754. The lowest BCUT2D eigenvalue weighted by Crippen LogP contribution is -2.47. The second-order valence-electron chi connectivity index (χ2n) is 7.21. The number of halogens is 1. The van der Waals surface area contributed by atoms with E-state index in [1.165, 1.54) is 25.0 Å². The van der Waals surface area contributed by atoms with Crippen molar-refractivity contribution in [2.24, 2.45) is 0 Å². The van der Waals surface area contributed by atoms with Crippen molar-refractivity contribution >= 4 is 11.6 Å². The molecule has 27 heavy (non-hydrogen) atoms. The zero-order chi connectivity index (χ0) is 19.2. The number of rotatable bonds is 7. The van der Waals surface area contributed by atoms with Crippen LogP contribution in [0.1, 0.15) is 43.9 Å². The van der Waals surface area contributed by atoms with Crippen molar-refractivity contribution in [3.05, 3.63) is 51.7 Å². The lowest BCUT2D eigenvalue weighted by atomic mass is 10.1. The summed E-state index contributed by atoms with van der Waals surface area (Å²) in [6, 6.07) is 6.60. The third-order valence-electron chi connectivity index (χ3n) is 5.26. The Kier molecular flexibility index (Phi) is 6.48. The molecule has 1 aromatic heterocycles. The topological polar surface area (TPSA) is 52.2 Å². The summed E-state index contributed by atoms with van der Waals surface area (Å²) >= 11 is 0. The molecule has 0 saturated carbocycles. The fraction of sp³-hybridized carbons (Fsp3) is 0.524. The monoisotopic (exact) mass is 372 g/mol. The number of nitrogens with one attached hydrogen (secondary N) is 1. The molecule has 1 saturated heterocycles. The van der Waals surface area contributed by atoms with Gasteiger partial charge in [-0.1, -0.05) is 26.2 Å². The van der Waals surface area contributed by atoms with Crippen molar-refractivity contribution in [2.45, 2.75) is 46.0 Å². The molecular formula is C21H29FN4O. The fourth-order valence-corrected chi connectivity index (χ4v) is 3.60. The van der Waals surface area contributed by atoms with Gasteiger partial charge in [-0.2, -0.15) is 0 Å². The molecule has 146 valence electrons. The van der Waals surface area contributed by atoms with Crippen molar-refractivity contribution in [1.29, 1.82) is 0 Å². The number of anilines is 2. The van der Waals surface area contributed by atoms with Crippen molar-refractivity contribution in [3.63, 3.8) is 0 Å². The van der Waals surface area contributed by atoms with Crippen LogP contribution in [0, 0.1) is 12.7 Å². The third-order valence-corrected chi connectivity index (χ3v) is 5.26. The number of benzene rings is 1. The average Bonchev–Trinajstić information content (AvgIpc) is 2.67. The zero-order valence-corrected chi connectivity index (χ0v) is 16.3. The number of nitrogens with zero attached hydrogens (tertiary/aromatic N) is 3. The van der Waals surface area contributed by atoms with Gasteiger partial charge in [-0.25, -0.2) is 9.37 Å². The van der Waals surface area contributed by atoms with Gasteiger partial charge in [-0.15, -0.1) is 0 Å². The van der Waals surface area contributed by atoms with E-state index in [-0.39, 0.29) is 11.4 Å². The van der Waals surface area contributed by atoms with Crippen LogP contribution in [-0.2, 0) is 6.42 Å². The number of aromatic amines is 1. The maximum absolute atomic E-state index is 13.1. The lowest BCUT2D eigenvalue weighted by Gasteiger charge is -2.36. The number of hydrogen-bond donors (Lipinski definition) is 1. The summed E-state index contributed by atoms with van der Waals surface area (Å²) in [5.74, 6) is 0.443. The lowest BCUT2D eigenvalue weighted by molar-refractivity contribution is 0.622. The number of piperazine rings is 1. The molecule has 2 heterocycles. The van der Waals surface area contributed by atoms with E-state index in [9.17, 15) is 9.18 Å². The molecule has 0 bridgehead atoms. The molecular weight excluding hydrogens is 343 g/mol. The first kappa shape index (κ1) is 19.4. The molecule has 0 spiro atoms. The third kappa shape index (κ3) is 4.87. The SMILES string of the molecule is CCCCCCc1c(C)nc(N2CCN(c3ccc(F)cc3)CC2)[nH]c1=O. The largest absolute Gasteiger partial charge is 0.368 e. The fourth-order valence-electron chi connectivity index (χ4n) is 3.60. The molecule has 0 radical (unpaired) electrons. The van der Waals surface area contributed by atoms with Gasteiger partial charge in [0.1, 0.15) is 5.82 Å². The zero-order valence-electron chi connectivity index (χ0n) is 16.3. The van der Waals surface area contributed by atoms with Gasteiger partial charge in [0, 0.05) is 43.1 Å². The van der Waals surface area contributed by atoms with Crippen LogP contribution in [0.3, 0.4) is 0 Å². The van der Waals surface area contributed by atoms with E-state index in [4.69, 9.17) is 0 Å². The van der Waals surface area contributed by atoms with Crippen molar-refractivity contribution in [1.82, 2.24) is 9.97 Å². The Hall–Kier alpha value is -2.37. The van der Waals surface area contributed by atoms with Crippen LogP contribution in [0.15, 0.2) is 29.1 Å². The second-order valence-corrected chi connectivity index (χ2v) is 7.21. The summed E-state index contributed by atoms with van der Waals surface area (Å²) in [6.45, 7) is 7.29. The van der Waals surface area contributed by atoms with E-state index in [1.807, 2.05) is 19.1 Å². The smallest absolute Gasteiger partial charge is 0.255 e. The van der Waals surface area contributed by atoms with E-state index >= 15 is 0 Å². The summed E-state index contributed by atoms with van der Waals surface area (Å²) in [6.07, 6.45) is 5.39. The molecule has 0 atom stereocenters. The molecule has 1 fully saturated rings. The minimum absolute atomic E-state index is 0.00466. The molecule has 6 heteroatoms. The van der Waals surface area contributed by atoms with E-state index in [2.05, 4.69) is 26.7 Å². The van der Waals surface area contributed by atoms with Crippen molar-refractivity contribution in [2.75, 3.05) is 36.0 Å². The summed E-state index contributed by atoms with van der Waals surface area (Å²) in [5.41, 5.74) is 2.68. The molecule has 1 aliphatic rings. The van der Waals surface area contributed by atoms with Crippen molar-refractivity contribution < 1.29 is 4.39 Å². The normalized spacial score (nSPS) is 14.6. The first-order valence-electron chi connectivity index (χ1n) is 9.93. The van der Waals surface area contributed by atoms with Gasteiger partial charge in [0.2, 0.25) is 5.95 Å². The molecule has 2 aromatic rings. The second kappa shape index (κ2) is 9.02. The number of aromatic nitrogens is 2. The predicted octanol–water partition coefficient (Wildman–Crippen LogP) is 3.67. The Morgan fingerprint density at radius 2 is 1.70 bits per heavy atom. The summed E-state index contributed by atoms with van der Waals surface area (Å²) in [4.78, 5) is 24.5. The van der Waals surface area contributed by atoms with E-state index in [0.717, 1.165) is 62.4 Å². The molecule has 0 amide bonds. The maximum atomic E-state index is 13.1. The number of hydrogen-bond acceptors (Lipinski definition) is 4. The van der Waals surface area contributed by atoms with Crippen LogP contribution in [0.2, 0.25) is 0 Å². The minimum Gasteiger partial charge on any atom is -0.368 e. The predicted molar refractivity (Wildman–Crippen MR) is 108 cm³/mol. The maximum Gasteiger partial charge on any atom is 0.255 e. The van der Waals surface area contributed by atoms with Crippen LogP contribution in [-0.4, -0.2) is 36.1 Å². The highest BCUT2D eigenvalue weighted by molar-refractivity contribution is 5.48.